The molecule has 0 aliphatic carbocycles. The first-order chi connectivity index (χ1) is 13.1. The van der Waals surface area contributed by atoms with E-state index in [2.05, 4.69) is 10.3 Å². The van der Waals surface area contributed by atoms with Crippen molar-refractivity contribution in [3.8, 4) is 0 Å². The van der Waals surface area contributed by atoms with E-state index >= 15 is 0 Å². The van der Waals surface area contributed by atoms with Crippen molar-refractivity contribution in [3.05, 3.63) is 63.8 Å². The molecular formula is C21H25N3O3S. The Morgan fingerprint density at radius 1 is 0.893 bits per heavy atom. The fourth-order valence-electron chi connectivity index (χ4n) is 3.62. The third-order valence-corrected chi connectivity index (χ3v) is 7.16. The van der Waals surface area contributed by atoms with Crippen molar-refractivity contribution >= 4 is 26.8 Å². The predicted octanol–water partition coefficient (Wildman–Crippen LogP) is 3.34. The van der Waals surface area contributed by atoms with Gasteiger partial charge in [0, 0.05) is 24.1 Å². The number of carbonyl (C=O) groups is 1. The van der Waals surface area contributed by atoms with Crippen molar-refractivity contribution in [1.29, 1.82) is 0 Å². The van der Waals surface area contributed by atoms with E-state index in [9.17, 15) is 13.2 Å². The highest BCUT2D eigenvalue weighted by molar-refractivity contribution is 7.89. The number of carbonyl (C=O) groups excluding carboxylic acids is 1. The number of nitrogens with one attached hydrogen (secondary N) is 2. The molecule has 0 unspecified atom stereocenters. The number of hydrazine groups is 1. The summed E-state index contributed by atoms with van der Waals surface area (Å²) in [4.78, 5) is 15.1. The van der Waals surface area contributed by atoms with Crippen LogP contribution in [0.2, 0.25) is 0 Å². The lowest BCUT2D eigenvalue weighted by Crippen LogP contribution is -2.42. The molecule has 0 saturated carbocycles. The van der Waals surface area contributed by atoms with Crippen LogP contribution in [0.3, 0.4) is 0 Å². The second kappa shape index (κ2) is 7.07. The fraction of sp³-hybridized carbons (Fsp3) is 0.286. The molecular weight excluding hydrogens is 374 g/mol. The van der Waals surface area contributed by atoms with Gasteiger partial charge >= 0.3 is 0 Å². The summed E-state index contributed by atoms with van der Waals surface area (Å²) in [5.41, 5.74) is 7.98. The first kappa shape index (κ1) is 20.1. The Hall–Kier alpha value is -2.64. The van der Waals surface area contributed by atoms with Gasteiger partial charge in [-0.25, -0.2) is 8.42 Å². The number of fused-ring (bicyclic) bond motifs is 1. The van der Waals surface area contributed by atoms with Crippen LogP contribution in [0.1, 0.15) is 38.2 Å². The summed E-state index contributed by atoms with van der Waals surface area (Å²) in [6, 6.07) is 7.47. The fourth-order valence-corrected chi connectivity index (χ4v) is 5.06. The highest BCUT2D eigenvalue weighted by atomic mass is 32.2. The maximum atomic E-state index is 13.0. The van der Waals surface area contributed by atoms with Crippen molar-refractivity contribution in [1.82, 2.24) is 14.8 Å². The van der Waals surface area contributed by atoms with Crippen LogP contribution in [-0.2, 0) is 17.1 Å². The number of rotatable bonds is 4. The summed E-state index contributed by atoms with van der Waals surface area (Å²) in [6.07, 6.45) is 1.69. The van der Waals surface area contributed by atoms with Gasteiger partial charge in [0.25, 0.3) is 15.9 Å². The van der Waals surface area contributed by atoms with E-state index in [0.29, 0.717) is 16.7 Å². The lowest BCUT2D eigenvalue weighted by Gasteiger charge is -2.19. The summed E-state index contributed by atoms with van der Waals surface area (Å²) in [5, 5.41) is 0.760. The molecule has 0 radical (unpaired) electrons. The van der Waals surface area contributed by atoms with Gasteiger partial charge in [0.2, 0.25) is 0 Å². The Morgan fingerprint density at radius 2 is 1.43 bits per heavy atom. The van der Waals surface area contributed by atoms with Crippen molar-refractivity contribution < 1.29 is 13.2 Å². The quantitative estimate of drug-likeness (QED) is 0.660. The molecule has 2 aromatic carbocycles. The lowest BCUT2D eigenvalue weighted by molar-refractivity contribution is 0.0946. The van der Waals surface area contributed by atoms with Gasteiger partial charge in [-0.3, -0.25) is 10.2 Å². The Labute approximate surface area is 165 Å². The Balaban J connectivity index is 1.93. The van der Waals surface area contributed by atoms with Crippen molar-refractivity contribution in [2.75, 3.05) is 0 Å². The number of aromatic nitrogens is 1. The predicted molar refractivity (Wildman–Crippen MR) is 111 cm³/mol. The normalized spacial score (nSPS) is 11.8. The lowest BCUT2D eigenvalue weighted by atomic mass is 9.95. The maximum Gasteiger partial charge on any atom is 0.268 e. The van der Waals surface area contributed by atoms with Crippen LogP contribution in [0.25, 0.3) is 10.9 Å². The first-order valence-electron chi connectivity index (χ1n) is 8.99. The topological polar surface area (TPSA) is 80.2 Å². The van der Waals surface area contributed by atoms with E-state index in [1.54, 1.807) is 20.0 Å². The van der Waals surface area contributed by atoms with Gasteiger partial charge in [0.05, 0.1) is 10.5 Å². The smallest absolute Gasteiger partial charge is 0.268 e. The summed E-state index contributed by atoms with van der Waals surface area (Å²) in [7, 11) is -2.08. The number of hydrogen-bond donors (Lipinski definition) is 2. The molecule has 1 heterocycles. The van der Waals surface area contributed by atoms with Gasteiger partial charge in [0.1, 0.15) is 0 Å². The van der Waals surface area contributed by atoms with E-state index in [1.807, 2.05) is 56.7 Å². The van der Waals surface area contributed by atoms with E-state index < -0.39 is 15.9 Å². The molecule has 0 aliphatic heterocycles. The van der Waals surface area contributed by atoms with E-state index in [4.69, 9.17) is 0 Å². The van der Waals surface area contributed by atoms with Crippen LogP contribution in [0.5, 0.6) is 0 Å². The Kier molecular flexibility index (Phi) is 5.08. The van der Waals surface area contributed by atoms with Crippen LogP contribution in [0.15, 0.2) is 35.4 Å². The number of sulfonamides is 1. The highest BCUT2D eigenvalue weighted by Gasteiger charge is 2.24. The average molecular weight is 400 g/mol. The van der Waals surface area contributed by atoms with Gasteiger partial charge in [-0.1, -0.05) is 18.2 Å². The number of aryl methyl sites for hydroxylation is 1. The molecule has 1 aromatic heterocycles. The molecule has 148 valence electrons. The summed E-state index contributed by atoms with van der Waals surface area (Å²) in [5.74, 6) is -0.503. The monoisotopic (exact) mass is 399 g/mol. The molecule has 28 heavy (non-hydrogen) atoms. The van der Waals surface area contributed by atoms with E-state index in [0.717, 1.165) is 27.6 Å². The summed E-state index contributed by atoms with van der Waals surface area (Å²) >= 11 is 0. The van der Waals surface area contributed by atoms with Gasteiger partial charge in [-0.15, -0.1) is 4.83 Å². The average Bonchev–Trinajstić information content (AvgIpc) is 3.00. The third kappa shape index (κ3) is 3.21. The molecule has 0 bridgehead atoms. The van der Waals surface area contributed by atoms with Crippen LogP contribution in [0.4, 0.5) is 0 Å². The summed E-state index contributed by atoms with van der Waals surface area (Å²) in [6.45, 7) is 9.37. The molecule has 2 N–H and O–H groups in total. The second-order valence-corrected chi connectivity index (χ2v) is 8.80. The zero-order chi connectivity index (χ0) is 20.8. The van der Waals surface area contributed by atoms with Crippen LogP contribution < -0.4 is 10.3 Å². The van der Waals surface area contributed by atoms with E-state index in [-0.39, 0.29) is 4.90 Å². The minimum atomic E-state index is -3.92. The van der Waals surface area contributed by atoms with Gasteiger partial charge < -0.3 is 4.57 Å². The van der Waals surface area contributed by atoms with Crippen LogP contribution in [-0.4, -0.2) is 18.9 Å². The van der Waals surface area contributed by atoms with Gasteiger partial charge in [-0.05, 0) is 68.5 Å². The summed E-state index contributed by atoms with van der Waals surface area (Å²) < 4.78 is 27.8. The Morgan fingerprint density at radius 3 is 2.04 bits per heavy atom. The second-order valence-electron chi connectivity index (χ2n) is 7.18. The standard InChI is InChI=1S/C21H25N3O3S/c1-12-13(2)15(4)20(16(5)14(12)3)28(26,27)23-22-21(25)18-11-24(6)19-10-8-7-9-17(18)19/h7-11,23H,1-6H3,(H,22,25). The first-order valence-corrected chi connectivity index (χ1v) is 10.5. The van der Waals surface area contributed by atoms with Gasteiger partial charge in [0.15, 0.2) is 0 Å². The molecule has 0 saturated heterocycles. The molecule has 0 fully saturated rings. The minimum absolute atomic E-state index is 0.214. The molecule has 0 aliphatic rings. The van der Waals surface area contributed by atoms with Crippen molar-refractivity contribution in [2.45, 2.75) is 39.5 Å². The SMILES string of the molecule is Cc1c(C)c(C)c(S(=O)(=O)NNC(=O)c2cn(C)c3ccccc23)c(C)c1C. The zero-order valence-electron chi connectivity index (χ0n) is 17.0. The number of amides is 1. The van der Waals surface area contributed by atoms with E-state index in [1.165, 1.54) is 0 Å². The minimum Gasteiger partial charge on any atom is -0.350 e. The Bertz CT molecular complexity index is 1180. The van der Waals surface area contributed by atoms with Gasteiger partial charge in [-0.2, -0.15) is 0 Å². The molecule has 3 aromatic rings. The molecule has 0 spiro atoms. The number of hydrogen-bond acceptors (Lipinski definition) is 3. The maximum absolute atomic E-state index is 13.0. The number of nitrogens with zero attached hydrogens (tertiary/aromatic N) is 1. The molecule has 1 amide bonds. The molecule has 0 atom stereocenters. The highest BCUT2D eigenvalue weighted by Crippen LogP contribution is 2.29. The number of benzene rings is 2. The van der Waals surface area contributed by atoms with Crippen LogP contribution >= 0.6 is 0 Å². The van der Waals surface area contributed by atoms with Crippen LogP contribution in [0, 0.1) is 34.6 Å². The van der Waals surface area contributed by atoms with Crippen molar-refractivity contribution in [3.63, 3.8) is 0 Å². The zero-order valence-corrected chi connectivity index (χ0v) is 17.8. The molecule has 6 nitrogen and oxygen atoms in total. The largest absolute Gasteiger partial charge is 0.350 e. The molecule has 7 heteroatoms. The number of para-hydroxylation sites is 1. The third-order valence-electron chi connectivity index (χ3n) is 5.64. The van der Waals surface area contributed by atoms with Crippen molar-refractivity contribution in [2.24, 2.45) is 7.05 Å². The molecule has 3 rings (SSSR count).